The average Bonchev–Trinajstić information content (AvgIpc) is 2.30. The lowest BCUT2D eigenvalue weighted by molar-refractivity contribution is 0.468. The molecule has 3 nitrogen and oxygen atoms in total. The van der Waals surface area contributed by atoms with E-state index in [2.05, 4.69) is 0 Å². The van der Waals surface area contributed by atoms with E-state index >= 15 is 0 Å². The summed E-state index contributed by atoms with van der Waals surface area (Å²) < 4.78 is 28.1. The van der Waals surface area contributed by atoms with E-state index in [1.54, 1.807) is 42.5 Å². The van der Waals surface area contributed by atoms with Gasteiger partial charge in [-0.1, -0.05) is 30.3 Å². The van der Waals surface area contributed by atoms with Crippen LogP contribution < -0.4 is 4.74 Å². The molecule has 0 N–H and O–H groups in total. The lowest BCUT2D eigenvalue weighted by Gasteiger charge is -2.08. The Morgan fingerprint density at radius 2 is 1.47 bits per heavy atom. The number of rotatable bonds is 3. The Bertz CT molecular complexity index is 609. The van der Waals surface area contributed by atoms with Gasteiger partial charge in [-0.2, -0.15) is 0 Å². The molecule has 0 aliphatic carbocycles. The largest absolute Gasteiger partial charge is 0.456 e. The fourth-order valence-corrected chi connectivity index (χ4v) is 2.32. The summed E-state index contributed by atoms with van der Waals surface area (Å²) >= 11 is 0. The van der Waals surface area contributed by atoms with Gasteiger partial charge in [0.05, 0.1) is 0 Å². The Balaban J connectivity index is 2.41. The molecule has 2 aromatic rings. The van der Waals surface area contributed by atoms with E-state index < -0.39 is 9.05 Å². The standard InChI is InChI=1S/C12H9ClO3S/c13-17(14,15)12-9-5-4-8-11(12)16-10-6-2-1-3-7-10/h1-9H. The van der Waals surface area contributed by atoms with Crippen molar-refractivity contribution in [3.8, 4) is 11.5 Å². The first-order chi connectivity index (χ1) is 8.07. The van der Waals surface area contributed by atoms with Gasteiger partial charge in [0.25, 0.3) is 9.05 Å². The number of ether oxygens (including phenoxy) is 1. The maximum atomic E-state index is 11.3. The van der Waals surface area contributed by atoms with Gasteiger partial charge in [0.15, 0.2) is 0 Å². The summed E-state index contributed by atoms with van der Waals surface area (Å²) in [5.74, 6) is 0.772. The fourth-order valence-electron chi connectivity index (χ4n) is 1.35. The molecule has 88 valence electrons. The number of hydrogen-bond donors (Lipinski definition) is 0. The molecule has 0 aromatic heterocycles. The molecule has 0 atom stereocenters. The molecule has 0 heterocycles. The van der Waals surface area contributed by atoms with Crippen LogP contribution in [-0.2, 0) is 9.05 Å². The summed E-state index contributed by atoms with van der Waals surface area (Å²) in [6, 6.07) is 15.1. The van der Waals surface area contributed by atoms with E-state index in [1.165, 1.54) is 6.07 Å². The van der Waals surface area contributed by atoms with Crippen LogP contribution in [0, 0.1) is 0 Å². The number of halogens is 1. The SMILES string of the molecule is O=S(=O)(Cl)c1ccccc1Oc1ccccc1. The van der Waals surface area contributed by atoms with Crippen LogP contribution in [0.3, 0.4) is 0 Å². The first-order valence-corrected chi connectivity index (χ1v) is 7.15. The van der Waals surface area contributed by atoms with Crippen LogP contribution >= 0.6 is 10.7 Å². The van der Waals surface area contributed by atoms with E-state index in [0.29, 0.717) is 5.75 Å². The Hall–Kier alpha value is -1.52. The minimum atomic E-state index is -3.81. The van der Waals surface area contributed by atoms with E-state index in [9.17, 15) is 8.42 Å². The van der Waals surface area contributed by atoms with Crippen LogP contribution in [0.15, 0.2) is 59.5 Å². The van der Waals surface area contributed by atoms with Gasteiger partial charge in [0.2, 0.25) is 0 Å². The van der Waals surface area contributed by atoms with Gasteiger partial charge >= 0.3 is 0 Å². The molecule has 0 fully saturated rings. The maximum absolute atomic E-state index is 11.3. The van der Waals surface area contributed by atoms with Gasteiger partial charge in [0.1, 0.15) is 16.4 Å². The van der Waals surface area contributed by atoms with E-state index in [1.807, 2.05) is 6.07 Å². The minimum Gasteiger partial charge on any atom is -0.456 e. The van der Waals surface area contributed by atoms with Crippen LogP contribution in [0.5, 0.6) is 11.5 Å². The highest BCUT2D eigenvalue weighted by Gasteiger charge is 2.16. The zero-order valence-corrected chi connectivity index (χ0v) is 10.3. The average molecular weight is 269 g/mol. The highest BCUT2D eigenvalue weighted by molar-refractivity contribution is 8.13. The Kier molecular flexibility index (Phi) is 3.36. The summed E-state index contributed by atoms with van der Waals surface area (Å²) in [6.45, 7) is 0. The second-order valence-corrected chi connectivity index (χ2v) is 5.83. The minimum absolute atomic E-state index is 0.0366. The Morgan fingerprint density at radius 3 is 2.12 bits per heavy atom. The van der Waals surface area contributed by atoms with Crippen molar-refractivity contribution in [1.82, 2.24) is 0 Å². The summed E-state index contributed by atoms with van der Waals surface area (Å²) in [4.78, 5) is -0.0366. The number of hydrogen-bond acceptors (Lipinski definition) is 3. The quantitative estimate of drug-likeness (QED) is 0.801. The third-order valence-corrected chi connectivity index (χ3v) is 3.44. The van der Waals surface area contributed by atoms with Crippen molar-refractivity contribution in [3.05, 3.63) is 54.6 Å². The lowest BCUT2D eigenvalue weighted by Crippen LogP contribution is -1.95. The van der Waals surface area contributed by atoms with E-state index in [-0.39, 0.29) is 10.6 Å². The third kappa shape index (κ3) is 2.99. The third-order valence-electron chi connectivity index (χ3n) is 2.08. The van der Waals surface area contributed by atoms with E-state index in [4.69, 9.17) is 15.4 Å². The Labute approximate surface area is 104 Å². The zero-order chi connectivity index (χ0) is 12.3. The molecule has 0 bridgehead atoms. The molecular weight excluding hydrogens is 260 g/mol. The second-order valence-electron chi connectivity index (χ2n) is 3.30. The molecule has 5 heteroatoms. The van der Waals surface area contributed by atoms with Crippen LogP contribution in [0.25, 0.3) is 0 Å². The smallest absolute Gasteiger partial charge is 0.265 e. The highest BCUT2D eigenvalue weighted by Crippen LogP contribution is 2.30. The van der Waals surface area contributed by atoms with Crippen LogP contribution in [0.2, 0.25) is 0 Å². The van der Waals surface area contributed by atoms with Gasteiger partial charge < -0.3 is 4.74 Å². The summed E-state index contributed by atoms with van der Waals surface area (Å²) in [5.41, 5.74) is 0. The predicted molar refractivity (Wildman–Crippen MR) is 66.0 cm³/mol. The summed E-state index contributed by atoms with van der Waals surface area (Å²) in [6.07, 6.45) is 0. The van der Waals surface area contributed by atoms with Gasteiger partial charge in [-0.05, 0) is 24.3 Å². The topological polar surface area (TPSA) is 43.4 Å². The zero-order valence-electron chi connectivity index (χ0n) is 8.71. The molecule has 2 aromatic carbocycles. The second kappa shape index (κ2) is 4.77. The van der Waals surface area contributed by atoms with Gasteiger partial charge in [-0.25, -0.2) is 8.42 Å². The molecule has 0 unspecified atom stereocenters. The van der Waals surface area contributed by atoms with Crippen LogP contribution in [0.4, 0.5) is 0 Å². The van der Waals surface area contributed by atoms with Gasteiger partial charge in [0, 0.05) is 10.7 Å². The fraction of sp³-hybridized carbons (Fsp3) is 0. The van der Waals surface area contributed by atoms with Crippen molar-refractivity contribution in [3.63, 3.8) is 0 Å². The lowest BCUT2D eigenvalue weighted by atomic mass is 10.3. The van der Waals surface area contributed by atoms with Crippen molar-refractivity contribution >= 4 is 19.7 Å². The molecule has 0 amide bonds. The molecule has 0 spiro atoms. The normalized spacial score (nSPS) is 11.1. The molecule has 0 aliphatic rings. The van der Waals surface area contributed by atoms with Crippen LogP contribution in [0.1, 0.15) is 0 Å². The highest BCUT2D eigenvalue weighted by atomic mass is 35.7. The van der Waals surface area contributed by atoms with Crippen molar-refractivity contribution in [2.75, 3.05) is 0 Å². The first-order valence-electron chi connectivity index (χ1n) is 4.84. The molecule has 0 radical (unpaired) electrons. The number of para-hydroxylation sites is 2. The Morgan fingerprint density at radius 1 is 0.882 bits per heavy atom. The van der Waals surface area contributed by atoms with Crippen molar-refractivity contribution in [2.45, 2.75) is 4.90 Å². The van der Waals surface area contributed by atoms with E-state index in [0.717, 1.165) is 0 Å². The molecule has 0 aliphatic heterocycles. The van der Waals surface area contributed by atoms with Crippen molar-refractivity contribution < 1.29 is 13.2 Å². The number of benzene rings is 2. The van der Waals surface area contributed by atoms with Crippen molar-refractivity contribution in [2.24, 2.45) is 0 Å². The van der Waals surface area contributed by atoms with Gasteiger partial charge in [-0.15, -0.1) is 0 Å². The van der Waals surface area contributed by atoms with Crippen molar-refractivity contribution in [1.29, 1.82) is 0 Å². The first kappa shape index (κ1) is 12.0. The summed E-state index contributed by atoms with van der Waals surface area (Å²) in [7, 11) is 1.52. The maximum Gasteiger partial charge on any atom is 0.265 e. The molecule has 2 rings (SSSR count). The molecular formula is C12H9ClO3S. The van der Waals surface area contributed by atoms with Crippen LogP contribution in [-0.4, -0.2) is 8.42 Å². The molecule has 0 saturated heterocycles. The molecule has 17 heavy (non-hydrogen) atoms. The predicted octanol–water partition coefficient (Wildman–Crippen LogP) is 3.41. The van der Waals surface area contributed by atoms with Gasteiger partial charge in [-0.3, -0.25) is 0 Å². The summed E-state index contributed by atoms with van der Waals surface area (Å²) in [5, 5.41) is 0. The molecule has 0 saturated carbocycles. The monoisotopic (exact) mass is 268 g/mol.